The molecular weight excluding hydrogens is 210 g/mol. The Hall–Kier alpha value is 0.200. The largest absolute Gasteiger partial charge is 0.225 e. The average molecular weight is 228 g/mol. The van der Waals surface area contributed by atoms with Gasteiger partial charge in [0.2, 0.25) is 10.0 Å². The Morgan fingerprint density at radius 3 is 2.15 bits per heavy atom. The molecule has 0 aliphatic rings. The number of halogens is 1. The second kappa shape index (κ2) is 4.62. The first-order valence-electron chi connectivity index (χ1n) is 4.24. The van der Waals surface area contributed by atoms with Crippen LogP contribution in [0.4, 0.5) is 0 Å². The minimum Gasteiger partial charge on any atom is -0.214 e. The first-order valence-corrected chi connectivity index (χ1v) is 6.43. The Kier molecular flexibility index (Phi) is 4.69. The van der Waals surface area contributed by atoms with Crippen LogP contribution in [0.25, 0.3) is 0 Å². The Labute approximate surface area is 85.9 Å². The topological polar surface area (TPSA) is 46.2 Å². The van der Waals surface area contributed by atoms with Crippen LogP contribution in [0.1, 0.15) is 27.7 Å². The van der Waals surface area contributed by atoms with Gasteiger partial charge in [-0.15, -0.1) is 11.6 Å². The van der Waals surface area contributed by atoms with Crippen molar-refractivity contribution < 1.29 is 8.42 Å². The van der Waals surface area contributed by atoms with Gasteiger partial charge >= 0.3 is 0 Å². The summed E-state index contributed by atoms with van der Waals surface area (Å²) in [4.78, 5) is 0. The smallest absolute Gasteiger partial charge is 0.214 e. The first kappa shape index (κ1) is 13.2. The molecule has 0 atom stereocenters. The van der Waals surface area contributed by atoms with Gasteiger partial charge in [-0.3, -0.25) is 0 Å². The molecule has 0 saturated heterocycles. The summed E-state index contributed by atoms with van der Waals surface area (Å²) in [5.41, 5.74) is -0.0425. The van der Waals surface area contributed by atoms with E-state index < -0.39 is 10.0 Å². The maximum atomic E-state index is 11.0. The second-order valence-corrected chi connectivity index (χ2v) is 6.58. The highest BCUT2D eigenvalue weighted by Gasteiger charge is 2.24. The lowest BCUT2D eigenvalue weighted by Crippen LogP contribution is -2.37. The van der Waals surface area contributed by atoms with Crippen molar-refractivity contribution in [3.63, 3.8) is 0 Å². The second-order valence-electron chi connectivity index (χ2n) is 4.19. The highest BCUT2D eigenvalue weighted by Crippen LogP contribution is 2.24. The van der Waals surface area contributed by atoms with E-state index in [1.165, 1.54) is 0 Å². The third-order valence-electron chi connectivity index (χ3n) is 2.45. The molecule has 0 heterocycles. The van der Waals surface area contributed by atoms with Gasteiger partial charge in [0.1, 0.15) is 5.21 Å². The third-order valence-corrected chi connectivity index (χ3v) is 4.19. The maximum absolute atomic E-state index is 11.0. The van der Waals surface area contributed by atoms with Crippen LogP contribution in [0.2, 0.25) is 0 Å². The highest BCUT2D eigenvalue weighted by atomic mass is 35.5. The molecule has 0 amide bonds. The summed E-state index contributed by atoms with van der Waals surface area (Å²) in [6.07, 6.45) is 0. The SMILES string of the molecule is CC(C)C(C)(C)CNS(=O)(=O)CCl. The molecule has 0 aliphatic carbocycles. The lowest BCUT2D eigenvalue weighted by molar-refractivity contribution is 0.252. The summed E-state index contributed by atoms with van der Waals surface area (Å²) in [6, 6.07) is 0. The molecule has 0 aliphatic heterocycles. The number of hydrogen-bond donors (Lipinski definition) is 1. The predicted molar refractivity (Wildman–Crippen MR) is 56.3 cm³/mol. The van der Waals surface area contributed by atoms with Crippen LogP contribution in [0.5, 0.6) is 0 Å². The summed E-state index contributed by atoms with van der Waals surface area (Å²) >= 11 is 5.25. The number of alkyl halides is 1. The van der Waals surface area contributed by atoms with Crippen LogP contribution < -0.4 is 4.72 Å². The minimum absolute atomic E-state index is 0.0425. The molecule has 0 rings (SSSR count). The van der Waals surface area contributed by atoms with Gasteiger partial charge in [-0.1, -0.05) is 27.7 Å². The Bertz CT molecular complexity index is 247. The molecule has 13 heavy (non-hydrogen) atoms. The van der Waals surface area contributed by atoms with Crippen molar-refractivity contribution in [2.24, 2.45) is 11.3 Å². The molecule has 5 heteroatoms. The number of hydrogen-bond acceptors (Lipinski definition) is 2. The summed E-state index contributed by atoms with van der Waals surface area (Å²) in [5.74, 6) is 0.422. The quantitative estimate of drug-likeness (QED) is 0.728. The van der Waals surface area contributed by atoms with Crippen LogP contribution >= 0.6 is 11.6 Å². The van der Waals surface area contributed by atoms with Crippen molar-refractivity contribution in [3.05, 3.63) is 0 Å². The van der Waals surface area contributed by atoms with E-state index in [4.69, 9.17) is 11.6 Å². The van der Waals surface area contributed by atoms with Gasteiger partial charge in [0.05, 0.1) is 0 Å². The maximum Gasteiger partial charge on any atom is 0.225 e. The Morgan fingerprint density at radius 2 is 1.85 bits per heavy atom. The summed E-state index contributed by atoms with van der Waals surface area (Å²) in [7, 11) is -3.27. The van der Waals surface area contributed by atoms with E-state index in [-0.39, 0.29) is 10.6 Å². The molecule has 0 saturated carbocycles. The zero-order chi connectivity index (χ0) is 10.7. The van der Waals surface area contributed by atoms with E-state index in [0.29, 0.717) is 12.5 Å². The summed E-state index contributed by atoms with van der Waals surface area (Å²) in [5, 5.41) is -0.374. The summed E-state index contributed by atoms with van der Waals surface area (Å²) < 4.78 is 24.5. The molecule has 0 unspecified atom stereocenters. The van der Waals surface area contributed by atoms with Crippen LogP contribution in [-0.4, -0.2) is 20.2 Å². The van der Waals surface area contributed by atoms with Crippen molar-refractivity contribution in [1.82, 2.24) is 4.72 Å². The fourth-order valence-electron chi connectivity index (χ4n) is 0.539. The molecule has 3 nitrogen and oxygen atoms in total. The van der Waals surface area contributed by atoms with Crippen molar-refractivity contribution in [3.8, 4) is 0 Å². The van der Waals surface area contributed by atoms with Crippen LogP contribution in [0, 0.1) is 11.3 Å². The molecule has 1 N–H and O–H groups in total. The zero-order valence-corrected chi connectivity index (χ0v) is 10.2. The first-order chi connectivity index (χ1) is 5.71. The van der Waals surface area contributed by atoms with Gasteiger partial charge in [0, 0.05) is 6.54 Å². The zero-order valence-electron chi connectivity index (χ0n) is 8.59. The monoisotopic (exact) mass is 227 g/mol. The standard InChI is InChI=1S/C8H18ClNO2S/c1-7(2)8(3,4)5-10-13(11,12)6-9/h7,10H,5-6H2,1-4H3. The molecule has 0 aromatic rings. The Balaban J connectivity index is 4.18. The lowest BCUT2D eigenvalue weighted by atomic mass is 9.81. The molecule has 0 spiro atoms. The van der Waals surface area contributed by atoms with Gasteiger partial charge in [0.25, 0.3) is 0 Å². The molecule has 0 radical (unpaired) electrons. The highest BCUT2D eigenvalue weighted by molar-refractivity contribution is 7.90. The van der Waals surface area contributed by atoms with E-state index in [1.54, 1.807) is 0 Å². The van der Waals surface area contributed by atoms with Crippen molar-refractivity contribution in [2.45, 2.75) is 27.7 Å². The summed E-state index contributed by atoms with van der Waals surface area (Å²) in [6.45, 7) is 8.60. The van der Waals surface area contributed by atoms with Crippen molar-refractivity contribution in [2.75, 3.05) is 11.8 Å². The van der Waals surface area contributed by atoms with E-state index in [2.05, 4.69) is 18.6 Å². The number of sulfonamides is 1. The van der Waals surface area contributed by atoms with E-state index in [0.717, 1.165) is 0 Å². The van der Waals surface area contributed by atoms with Crippen molar-refractivity contribution >= 4 is 21.6 Å². The third kappa shape index (κ3) is 4.84. The molecule has 0 aromatic heterocycles. The van der Waals surface area contributed by atoms with E-state index in [1.807, 2.05) is 13.8 Å². The number of nitrogens with one attached hydrogen (secondary N) is 1. The minimum atomic E-state index is -3.27. The molecule has 0 fully saturated rings. The molecule has 0 aromatic carbocycles. The van der Waals surface area contributed by atoms with Gasteiger partial charge in [-0.2, -0.15) is 0 Å². The van der Waals surface area contributed by atoms with Crippen LogP contribution in [-0.2, 0) is 10.0 Å². The Morgan fingerprint density at radius 1 is 1.38 bits per heavy atom. The number of rotatable bonds is 5. The lowest BCUT2D eigenvalue weighted by Gasteiger charge is -2.29. The molecular formula is C8H18ClNO2S. The van der Waals surface area contributed by atoms with Crippen LogP contribution in [0.15, 0.2) is 0 Å². The average Bonchev–Trinajstić information content (AvgIpc) is 2.01. The van der Waals surface area contributed by atoms with Gasteiger partial charge in [-0.05, 0) is 11.3 Å². The van der Waals surface area contributed by atoms with Gasteiger partial charge < -0.3 is 0 Å². The fourth-order valence-corrected chi connectivity index (χ4v) is 1.44. The van der Waals surface area contributed by atoms with Gasteiger partial charge in [-0.25, -0.2) is 13.1 Å². The fraction of sp³-hybridized carbons (Fsp3) is 1.00. The van der Waals surface area contributed by atoms with E-state index in [9.17, 15) is 8.42 Å². The molecule has 0 bridgehead atoms. The normalized spacial score (nSPS) is 13.7. The molecule has 80 valence electrons. The van der Waals surface area contributed by atoms with Gasteiger partial charge in [0.15, 0.2) is 0 Å². The van der Waals surface area contributed by atoms with Crippen LogP contribution in [0.3, 0.4) is 0 Å². The van der Waals surface area contributed by atoms with Crippen molar-refractivity contribution in [1.29, 1.82) is 0 Å². The van der Waals surface area contributed by atoms with E-state index >= 15 is 0 Å². The predicted octanol–water partition coefficient (Wildman–Crippen LogP) is 1.78.